The van der Waals surface area contributed by atoms with E-state index in [9.17, 15) is 9.59 Å². The third-order valence-electron chi connectivity index (χ3n) is 2.31. The smallest absolute Gasteiger partial charge is 0.287 e. The number of rotatable bonds is 6. The summed E-state index contributed by atoms with van der Waals surface area (Å²) in [5.41, 5.74) is 0.690. The van der Waals surface area contributed by atoms with Crippen LogP contribution < -0.4 is 10.6 Å². The number of carbonyl (C=O) groups excluding carboxylic acids is 2. The molecule has 5 nitrogen and oxygen atoms in total. The summed E-state index contributed by atoms with van der Waals surface area (Å²) in [5, 5.41) is 5.36. The van der Waals surface area contributed by atoms with Crippen LogP contribution in [-0.4, -0.2) is 24.9 Å². The SMILES string of the molecule is CC/C=C(/C)C(=O)NCCNC(=O)c1ccco1. The first-order chi connectivity index (χ1) is 8.65. The van der Waals surface area contributed by atoms with Crippen molar-refractivity contribution in [2.45, 2.75) is 20.3 Å². The summed E-state index contributed by atoms with van der Waals surface area (Å²) < 4.78 is 4.94. The molecular weight excluding hydrogens is 232 g/mol. The average Bonchev–Trinajstić information content (AvgIpc) is 2.88. The van der Waals surface area contributed by atoms with Crippen LogP contribution >= 0.6 is 0 Å². The van der Waals surface area contributed by atoms with E-state index in [0.29, 0.717) is 18.7 Å². The molecule has 1 aromatic rings. The van der Waals surface area contributed by atoms with Gasteiger partial charge in [-0.15, -0.1) is 0 Å². The molecule has 5 heteroatoms. The Balaban J connectivity index is 2.21. The molecule has 0 aliphatic carbocycles. The summed E-state index contributed by atoms with van der Waals surface area (Å²) in [4.78, 5) is 23.0. The molecule has 0 unspecified atom stereocenters. The first-order valence-corrected chi connectivity index (χ1v) is 5.91. The van der Waals surface area contributed by atoms with E-state index in [1.807, 2.05) is 13.0 Å². The zero-order chi connectivity index (χ0) is 13.4. The fraction of sp³-hybridized carbons (Fsp3) is 0.385. The zero-order valence-electron chi connectivity index (χ0n) is 10.7. The molecule has 0 saturated carbocycles. The van der Waals surface area contributed by atoms with Crippen LogP contribution in [-0.2, 0) is 4.79 Å². The molecular formula is C13H18N2O3. The third kappa shape index (κ3) is 4.45. The average molecular weight is 250 g/mol. The molecule has 18 heavy (non-hydrogen) atoms. The topological polar surface area (TPSA) is 71.3 Å². The molecule has 2 N–H and O–H groups in total. The van der Waals surface area contributed by atoms with E-state index < -0.39 is 0 Å². The summed E-state index contributed by atoms with van der Waals surface area (Å²) in [5.74, 6) is -0.123. The van der Waals surface area contributed by atoms with Gasteiger partial charge in [-0.1, -0.05) is 13.0 Å². The maximum absolute atomic E-state index is 11.5. The second-order valence-corrected chi connectivity index (χ2v) is 3.78. The van der Waals surface area contributed by atoms with E-state index in [0.717, 1.165) is 6.42 Å². The highest BCUT2D eigenvalue weighted by atomic mass is 16.3. The fourth-order valence-electron chi connectivity index (χ4n) is 1.39. The van der Waals surface area contributed by atoms with Gasteiger partial charge in [0.2, 0.25) is 5.91 Å². The Morgan fingerprint density at radius 3 is 2.67 bits per heavy atom. The fourth-order valence-corrected chi connectivity index (χ4v) is 1.39. The molecule has 98 valence electrons. The lowest BCUT2D eigenvalue weighted by molar-refractivity contribution is -0.117. The molecule has 0 saturated heterocycles. The Kier molecular flexibility index (Phi) is 5.70. The summed E-state index contributed by atoms with van der Waals surface area (Å²) in [6.45, 7) is 4.49. The van der Waals surface area contributed by atoms with Crippen LogP contribution in [0.4, 0.5) is 0 Å². The van der Waals surface area contributed by atoms with Crippen molar-refractivity contribution in [1.29, 1.82) is 0 Å². The summed E-state index contributed by atoms with van der Waals surface area (Å²) in [7, 11) is 0. The molecule has 0 spiro atoms. The molecule has 0 atom stereocenters. The van der Waals surface area contributed by atoms with E-state index in [-0.39, 0.29) is 17.6 Å². The normalized spacial score (nSPS) is 11.1. The lowest BCUT2D eigenvalue weighted by Crippen LogP contribution is -2.34. The van der Waals surface area contributed by atoms with Crippen molar-refractivity contribution in [2.24, 2.45) is 0 Å². The zero-order valence-corrected chi connectivity index (χ0v) is 10.7. The van der Waals surface area contributed by atoms with Gasteiger partial charge in [-0.05, 0) is 25.5 Å². The monoisotopic (exact) mass is 250 g/mol. The molecule has 0 aliphatic heterocycles. The van der Waals surface area contributed by atoms with Gasteiger partial charge in [-0.3, -0.25) is 9.59 Å². The van der Waals surface area contributed by atoms with Crippen LogP contribution in [0.1, 0.15) is 30.8 Å². The molecule has 1 heterocycles. The molecule has 0 radical (unpaired) electrons. The molecule has 2 amide bonds. The van der Waals surface area contributed by atoms with E-state index in [4.69, 9.17) is 4.42 Å². The van der Waals surface area contributed by atoms with Crippen molar-refractivity contribution < 1.29 is 14.0 Å². The van der Waals surface area contributed by atoms with Crippen molar-refractivity contribution in [3.63, 3.8) is 0 Å². The van der Waals surface area contributed by atoms with Crippen LogP contribution in [0.15, 0.2) is 34.5 Å². The van der Waals surface area contributed by atoms with E-state index in [1.54, 1.807) is 19.1 Å². The molecule has 0 aliphatic rings. The predicted molar refractivity (Wildman–Crippen MR) is 68.1 cm³/mol. The maximum atomic E-state index is 11.5. The van der Waals surface area contributed by atoms with Crippen molar-refractivity contribution in [3.8, 4) is 0 Å². The lowest BCUT2D eigenvalue weighted by Gasteiger charge is -2.06. The van der Waals surface area contributed by atoms with E-state index in [2.05, 4.69) is 10.6 Å². The van der Waals surface area contributed by atoms with Crippen molar-refractivity contribution in [3.05, 3.63) is 35.8 Å². The molecule has 0 bridgehead atoms. The van der Waals surface area contributed by atoms with Crippen LogP contribution in [0.5, 0.6) is 0 Å². The highest BCUT2D eigenvalue weighted by Gasteiger charge is 2.07. The van der Waals surface area contributed by atoms with Gasteiger partial charge in [0.1, 0.15) is 0 Å². The molecule has 1 rings (SSSR count). The van der Waals surface area contributed by atoms with Gasteiger partial charge >= 0.3 is 0 Å². The van der Waals surface area contributed by atoms with Crippen LogP contribution in [0.2, 0.25) is 0 Å². The maximum Gasteiger partial charge on any atom is 0.287 e. The predicted octanol–water partition coefficient (Wildman–Crippen LogP) is 1.48. The second kappa shape index (κ2) is 7.32. The highest BCUT2D eigenvalue weighted by Crippen LogP contribution is 1.98. The minimum atomic E-state index is -0.282. The van der Waals surface area contributed by atoms with Gasteiger partial charge in [0.15, 0.2) is 5.76 Å². The molecule has 0 aromatic carbocycles. The van der Waals surface area contributed by atoms with Crippen molar-refractivity contribution in [2.75, 3.05) is 13.1 Å². The van der Waals surface area contributed by atoms with Gasteiger partial charge in [0, 0.05) is 18.7 Å². The Morgan fingerprint density at radius 2 is 2.06 bits per heavy atom. The Bertz CT molecular complexity index is 421. The lowest BCUT2D eigenvalue weighted by atomic mass is 10.2. The van der Waals surface area contributed by atoms with Crippen molar-refractivity contribution in [1.82, 2.24) is 10.6 Å². The van der Waals surface area contributed by atoms with Gasteiger partial charge in [0.05, 0.1) is 6.26 Å². The minimum absolute atomic E-state index is 0.107. The van der Waals surface area contributed by atoms with Crippen LogP contribution in [0.3, 0.4) is 0 Å². The van der Waals surface area contributed by atoms with E-state index in [1.165, 1.54) is 6.26 Å². The summed E-state index contributed by atoms with van der Waals surface area (Å²) >= 11 is 0. The molecule has 0 fully saturated rings. The van der Waals surface area contributed by atoms with E-state index >= 15 is 0 Å². The second-order valence-electron chi connectivity index (χ2n) is 3.78. The number of hydrogen-bond donors (Lipinski definition) is 2. The largest absolute Gasteiger partial charge is 0.459 e. The van der Waals surface area contributed by atoms with Crippen LogP contribution in [0.25, 0.3) is 0 Å². The van der Waals surface area contributed by atoms with Crippen molar-refractivity contribution >= 4 is 11.8 Å². The number of furan rings is 1. The van der Waals surface area contributed by atoms with Gasteiger partial charge in [-0.25, -0.2) is 0 Å². The van der Waals surface area contributed by atoms with Gasteiger partial charge in [-0.2, -0.15) is 0 Å². The number of nitrogens with one attached hydrogen (secondary N) is 2. The van der Waals surface area contributed by atoms with Gasteiger partial charge < -0.3 is 15.1 Å². The quantitative estimate of drug-likeness (QED) is 0.593. The number of carbonyl (C=O) groups is 2. The Hall–Kier alpha value is -2.04. The first-order valence-electron chi connectivity index (χ1n) is 5.91. The third-order valence-corrected chi connectivity index (χ3v) is 2.31. The first kappa shape index (κ1) is 14.0. The highest BCUT2D eigenvalue weighted by molar-refractivity contribution is 5.93. The number of allylic oxidation sites excluding steroid dienone is 1. The minimum Gasteiger partial charge on any atom is -0.459 e. The molecule has 1 aromatic heterocycles. The number of amides is 2. The Labute approximate surface area is 106 Å². The number of hydrogen-bond acceptors (Lipinski definition) is 3. The van der Waals surface area contributed by atoms with Crippen LogP contribution in [0, 0.1) is 0 Å². The summed E-state index contributed by atoms with van der Waals surface area (Å²) in [6, 6.07) is 3.23. The van der Waals surface area contributed by atoms with Gasteiger partial charge in [0.25, 0.3) is 5.91 Å². The standard InChI is InChI=1S/C13H18N2O3/c1-3-5-10(2)12(16)14-7-8-15-13(17)11-6-4-9-18-11/h4-6,9H,3,7-8H2,1-2H3,(H,14,16)(H,15,17)/b10-5-. The summed E-state index contributed by atoms with van der Waals surface area (Å²) in [6.07, 6.45) is 4.13. The Morgan fingerprint density at radius 1 is 1.33 bits per heavy atom.